The Labute approximate surface area is 134 Å². The van der Waals surface area contributed by atoms with Gasteiger partial charge in [-0.05, 0) is 31.5 Å². The van der Waals surface area contributed by atoms with Crippen molar-refractivity contribution in [2.24, 2.45) is 0 Å². The summed E-state index contributed by atoms with van der Waals surface area (Å²) in [6.45, 7) is 4.47. The normalized spacial score (nSPS) is 14.1. The van der Waals surface area contributed by atoms with Crippen molar-refractivity contribution < 1.29 is 17.9 Å². The smallest absolute Gasteiger partial charge is 0.269 e. The van der Waals surface area contributed by atoms with Crippen LogP contribution in [0.5, 0.6) is 11.6 Å². The number of rotatable bonds is 4. The fourth-order valence-electron chi connectivity index (χ4n) is 2.38. The van der Waals surface area contributed by atoms with Crippen LogP contribution in [-0.2, 0) is 10.0 Å². The van der Waals surface area contributed by atoms with Crippen molar-refractivity contribution in [2.75, 3.05) is 24.1 Å². The molecule has 1 aliphatic rings. The topological polar surface area (TPSA) is 81.6 Å². The van der Waals surface area contributed by atoms with Gasteiger partial charge in [0.25, 0.3) is 10.0 Å². The summed E-state index contributed by atoms with van der Waals surface area (Å²) in [4.78, 5) is 8.13. The highest BCUT2D eigenvalue weighted by molar-refractivity contribution is 7.93. The average Bonchev–Trinajstić information content (AvgIpc) is 2.55. The maximum absolute atomic E-state index is 13.1. The van der Waals surface area contributed by atoms with Crippen molar-refractivity contribution in [3.63, 3.8) is 0 Å². The van der Waals surface area contributed by atoms with E-state index in [-0.39, 0.29) is 23.8 Å². The molecule has 0 radical (unpaired) electrons. The van der Waals surface area contributed by atoms with Gasteiger partial charge in [0.15, 0.2) is 0 Å². The van der Waals surface area contributed by atoms with Gasteiger partial charge in [0.05, 0.1) is 19.3 Å². The van der Waals surface area contributed by atoms with Crippen LogP contribution < -0.4 is 13.8 Å². The van der Waals surface area contributed by atoms with Gasteiger partial charge in [-0.3, -0.25) is 9.29 Å². The number of hydrogen-bond donors (Lipinski definition) is 0. The molecule has 0 saturated carbocycles. The lowest BCUT2D eigenvalue weighted by atomic mass is 10.3. The quantitative estimate of drug-likeness (QED) is 0.847. The summed E-state index contributed by atoms with van der Waals surface area (Å²) in [5, 5.41) is 0. The summed E-state index contributed by atoms with van der Waals surface area (Å²) in [5.41, 5.74) is 1.29. The van der Waals surface area contributed by atoms with Gasteiger partial charge >= 0.3 is 0 Å². The molecule has 3 heterocycles. The van der Waals surface area contributed by atoms with Gasteiger partial charge in [0, 0.05) is 12.4 Å². The highest BCUT2D eigenvalue weighted by Crippen LogP contribution is 2.36. The zero-order valence-electron chi connectivity index (χ0n) is 12.9. The second kappa shape index (κ2) is 6.04. The molecule has 23 heavy (non-hydrogen) atoms. The Morgan fingerprint density at radius 2 is 2.22 bits per heavy atom. The molecule has 122 valence electrons. The van der Waals surface area contributed by atoms with Crippen LogP contribution in [0.25, 0.3) is 0 Å². The summed E-state index contributed by atoms with van der Waals surface area (Å²) in [6.07, 6.45) is 4.45. The van der Waals surface area contributed by atoms with E-state index < -0.39 is 10.0 Å². The molecule has 0 amide bonds. The summed E-state index contributed by atoms with van der Waals surface area (Å²) >= 11 is 0. The van der Waals surface area contributed by atoms with Crippen LogP contribution >= 0.6 is 0 Å². The second-order valence-corrected chi connectivity index (χ2v) is 6.85. The Bertz CT molecular complexity index is 823. The van der Waals surface area contributed by atoms with E-state index in [2.05, 4.69) is 9.97 Å². The minimum Gasteiger partial charge on any atom is -0.492 e. The van der Waals surface area contributed by atoms with Gasteiger partial charge in [-0.25, -0.2) is 13.4 Å². The van der Waals surface area contributed by atoms with E-state index in [1.807, 2.05) is 6.92 Å². The molecule has 8 heteroatoms. The van der Waals surface area contributed by atoms with E-state index in [0.29, 0.717) is 18.2 Å². The first-order valence-electron chi connectivity index (χ1n) is 7.23. The molecule has 0 bridgehead atoms. The number of sulfonamides is 1. The Morgan fingerprint density at radius 3 is 3.00 bits per heavy atom. The van der Waals surface area contributed by atoms with Crippen LogP contribution in [0, 0.1) is 6.92 Å². The number of pyridine rings is 2. The molecule has 0 atom stereocenters. The molecule has 0 saturated heterocycles. The minimum absolute atomic E-state index is 0.0382. The molecule has 0 unspecified atom stereocenters. The fourth-order valence-corrected chi connectivity index (χ4v) is 3.90. The van der Waals surface area contributed by atoms with Crippen LogP contribution in [0.4, 0.5) is 5.69 Å². The predicted molar refractivity (Wildman–Crippen MR) is 84.4 cm³/mol. The molecule has 2 aromatic heterocycles. The Morgan fingerprint density at radius 1 is 1.39 bits per heavy atom. The molecule has 3 rings (SSSR count). The number of ether oxygens (including phenoxy) is 2. The van der Waals surface area contributed by atoms with Gasteiger partial charge < -0.3 is 9.47 Å². The number of aryl methyl sites for hydroxylation is 1. The molecule has 0 fully saturated rings. The summed E-state index contributed by atoms with van der Waals surface area (Å²) in [7, 11) is -3.82. The van der Waals surface area contributed by atoms with Gasteiger partial charge in [0.1, 0.15) is 22.9 Å². The third-order valence-electron chi connectivity index (χ3n) is 3.39. The van der Waals surface area contributed by atoms with E-state index in [1.54, 1.807) is 25.3 Å². The number of aromatic nitrogens is 2. The van der Waals surface area contributed by atoms with Crippen molar-refractivity contribution in [2.45, 2.75) is 18.7 Å². The molecule has 2 aromatic rings. The molecular weight excluding hydrogens is 318 g/mol. The predicted octanol–water partition coefficient (Wildman–Crippen LogP) is 1.77. The number of nitrogens with zero attached hydrogens (tertiary/aromatic N) is 3. The first-order valence-corrected chi connectivity index (χ1v) is 8.67. The largest absolute Gasteiger partial charge is 0.492 e. The van der Waals surface area contributed by atoms with Gasteiger partial charge in [-0.15, -0.1) is 0 Å². The summed E-state index contributed by atoms with van der Waals surface area (Å²) in [6, 6.07) is 3.29. The first-order chi connectivity index (χ1) is 11.0. The monoisotopic (exact) mass is 335 g/mol. The Hall–Kier alpha value is -2.35. The number of fused-ring (bicyclic) bond motifs is 1. The second-order valence-electron chi connectivity index (χ2n) is 5.02. The highest BCUT2D eigenvalue weighted by atomic mass is 32.2. The molecule has 0 spiro atoms. The van der Waals surface area contributed by atoms with Crippen LogP contribution in [-0.4, -0.2) is 38.1 Å². The highest BCUT2D eigenvalue weighted by Gasteiger charge is 2.33. The van der Waals surface area contributed by atoms with Crippen molar-refractivity contribution >= 4 is 15.7 Å². The summed E-state index contributed by atoms with van der Waals surface area (Å²) < 4.78 is 38.3. The molecule has 7 nitrogen and oxygen atoms in total. The lowest BCUT2D eigenvalue weighted by Gasteiger charge is -2.30. The lowest BCUT2D eigenvalue weighted by molar-refractivity contribution is 0.302. The summed E-state index contributed by atoms with van der Waals surface area (Å²) in [5.74, 6) is 0.600. The van der Waals surface area contributed by atoms with E-state index in [9.17, 15) is 8.42 Å². The van der Waals surface area contributed by atoms with Crippen LogP contribution in [0.1, 0.15) is 12.5 Å². The molecule has 0 N–H and O–H groups in total. The fraction of sp³-hybridized carbons (Fsp3) is 0.333. The Balaban J connectivity index is 2.11. The number of anilines is 1. The standard InChI is InChI=1S/C15H17N3O4S/c1-3-21-13-4-5-16-10-14(13)23(19,20)18-6-7-22-15-12(18)8-11(2)9-17-15/h4-5,8-10H,3,6-7H2,1-2H3. The van der Waals surface area contributed by atoms with Crippen molar-refractivity contribution in [1.82, 2.24) is 9.97 Å². The van der Waals surface area contributed by atoms with E-state index in [4.69, 9.17) is 9.47 Å². The van der Waals surface area contributed by atoms with Crippen LogP contribution in [0.2, 0.25) is 0 Å². The van der Waals surface area contributed by atoms with Gasteiger partial charge in [-0.1, -0.05) is 0 Å². The number of hydrogen-bond acceptors (Lipinski definition) is 6. The van der Waals surface area contributed by atoms with Crippen LogP contribution in [0.15, 0.2) is 35.6 Å². The molecule has 0 aliphatic carbocycles. The molecular formula is C15H17N3O4S. The van der Waals surface area contributed by atoms with Gasteiger partial charge in [0.2, 0.25) is 5.88 Å². The maximum Gasteiger partial charge on any atom is 0.269 e. The zero-order chi connectivity index (χ0) is 16.4. The van der Waals surface area contributed by atoms with E-state index >= 15 is 0 Å². The van der Waals surface area contributed by atoms with Crippen molar-refractivity contribution in [3.8, 4) is 11.6 Å². The van der Waals surface area contributed by atoms with Gasteiger partial charge in [-0.2, -0.15) is 0 Å². The zero-order valence-corrected chi connectivity index (χ0v) is 13.7. The van der Waals surface area contributed by atoms with Crippen LogP contribution in [0.3, 0.4) is 0 Å². The minimum atomic E-state index is -3.82. The SMILES string of the molecule is CCOc1ccncc1S(=O)(=O)N1CCOc2ncc(C)cc21. The van der Waals surface area contributed by atoms with Crippen molar-refractivity contribution in [3.05, 3.63) is 36.3 Å². The molecule has 0 aromatic carbocycles. The third-order valence-corrected chi connectivity index (χ3v) is 5.21. The Kier molecular flexibility index (Phi) is 4.08. The average molecular weight is 335 g/mol. The first kappa shape index (κ1) is 15.5. The third kappa shape index (κ3) is 2.81. The molecule has 1 aliphatic heterocycles. The maximum atomic E-state index is 13.1. The van der Waals surface area contributed by atoms with E-state index in [1.165, 1.54) is 16.7 Å². The van der Waals surface area contributed by atoms with E-state index in [0.717, 1.165) is 5.56 Å². The van der Waals surface area contributed by atoms with Crippen molar-refractivity contribution in [1.29, 1.82) is 0 Å². The lowest BCUT2D eigenvalue weighted by Crippen LogP contribution is -2.38.